The zero-order chi connectivity index (χ0) is 31.6. The Balaban J connectivity index is 1.62. The van der Waals surface area contributed by atoms with Crippen LogP contribution in [0.15, 0.2) is 67.0 Å². The van der Waals surface area contributed by atoms with Crippen LogP contribution in [0.4, 0.5) is 23.7 Å². The van der Waals surface area contributed by atoms with Gasteiger partial charge >= 0.3 is 12.2 Å². The summed E-state index contributed by atoms with van der Waals surface area (Å²) in [6.45, 7) is 5.01. The van der Waals surface area contributed by atoms with E-state index in [1.165, 1.54) is 41.8 Å². The van der Waals surface area contributed by atoms with Crippen molar-refractivity contribution >= 4 is 34.1 Å². The number of methoxy groups -OCH3 is 1. The number of hydroxylamine groups is 1. The van der Waals surface area contributed by atoms with Gasteiger partial charge < -0.3 is 19.1 Å². The molecule has 4 aromatic rings. The zero-order valence-electron chi connectivity index (χ0n) is 24.2. The van der Waals surface area contributed by atoms with Crippen molar-refractivity contribution in [2.45, 2.75) is 45.8 Å². The van der Waals surface area contributed by atoms with Gasteiger partial charge in [0.25, 0.3) is 0 Å². The number of ether oxygens (including phenoxy) is 3. The summed E-state index contributed by atoms with van der Waals surface area (Å²) in [5.74, 6) is 0.00917. The average Bonchev–Trinajstić information content (AvgIpc) is 3.24. The molecular weight excluding hydrogens is 603 g/mol. The number of hydrogen-bond acceptors (Lipinski definition) is 8. The van der Waals surface area contributed by atoms with E-state index in [9.17, 15) is 18.0 Å². The third-order valence-corrected chi connectivity index (χ3v) is 7.22. The van der Waals surface area contributed by atoms with E-state index >= 15 is 0 Å². The Labute approximate surface area is 256 Å². The van der Waals surface area contributed by atoms with Crippen molar-refractivity contribution in [3.8, 4) is 23.3 Å². The van der Waals surface area contributed by atoms with Crippen LogP contribution in [0.25, 0.3) is 10.8 Å². The fourth-order valence-corrected chi connectivity index (χ4v) is 4.78. The first-order valence-electron chi connectivity index (χ1n) is 13.6. The minimum atomic E-state index is -4.69. The van der Waals surface area contributed by atoms with Crippen LogP contribution in [-0.2, 0) is 11.4 Å². The highest BCUT2D eigenvalue weighted by atomic mass is 35.5. The van der Waals surface area contributed by atoms with Gasteiger partial charge in [-0.25, -0.2) is 14.8 Å². The first-order valence-corrected chi connectivity index (χ1v) is 14.0. The Bertz CT molecular complexity index is 1650. The van der Waals surface area contributed by atoms with Crippen molar-refractivity contribution in [2.75, 3.05) is 18.7 Å². The monoisotopic (exact) mass is 631 g/mol. The number of alkyl halides is 3. The Hall–Kier alpha value is -4.33. The van der Waals surface area contributed by atoms with Crippen molar-refractivity contribution in [3.05, 3.63) is 77.6 Å². The predicted molar refractivity (Wildman–Crippen MR) is 157 cm³/mol. The fourth-order valence-electron chi connectivity index (χ4n) is 4.63. The van der Waals surface area contributed by atoms with E-state index in [0.29, 0.717) is 11.9 Å². The molecular formula is C30H29ClF3N5O5. The van der Waals surface area contributed by atoms with Gasteiger partial charge in [0.1, 0.15) is 16.9 Å². The summed E-state index contributed by atoms with van der Waals surface area (Å²) in [6, 6.07) is 14.9. The van der Waals surface area contributed by atoms with Crippen LogP contribution in [0.3, 0.4) is 0 Å². The number of halogens is 4. The number of carbonyl (C=O) groups is 1. The molecule has 2 atom stereocenters. The van der Waals surface area contributed by atoms with E-state index in [1.54, 1.807) is 24.0 Å². The molecule has 10 nitrogen and oxygen atoms in total. The summed E-state index contributed by atoms with van der Waals surface area (Å²) in [7, 11) is 1.41. The van der Waals surface area contributed by atoms with Gasteiger partial charge in [-0.05, 0) is 43.9 Å². The lowest BCUT2D eigenvalue weighted by Crippen LogP contribution is -2.41. The SMILES string of the molecule is CCN1C(=O)N(c2cc(OC(C)C(F)(F)F)c3c(Oc4cc(OC)ncc4Cl)nccc3c2)N(OCc2ccccc2)C1C. The number of carbonyl (C=O) groups excluding carboxylic acids is 1. The third-order valence-electron chi connectivity index (χ3n) is 6.94. The molecule has 2 unspecified atom stereocenters. The number of aromatic nitrogens is 2. The molecule has 2 amide bonds. The number of fused-ring (bicyclic) bond motifs is 1. The smallest absolute Gasteiger partial charge is 0.425 e. The Morgan fingerprint density at radius 3 is 2.50 bits per heavy atom. The molecule has 1 aliphatic heterocycles. The lowest BCUT2D eigenvalue weighted by molar-refractivity contribution is -0.196. The number of nitrogens with zero attached hydrogens (tertiary/aromatic N) is 5. The summed E-state index contributed by atoms with van der Waals surface area (Å²) < 4.78 is 57.8. The molecule has 14 heteroatoms. The first kappa shape index (κ1) is 31.1. The molecule has 1 aliphatic rings. The Kier molecular flexibility index (Phi) is 9.00. The highest BCUT2D eigenvalue weighted by Gasteiger charge is 2.44. The standard InChI is InChI=1S/C30H29ClF3N5O5/c1-5-37-19(3)39(42-17-20-9-7-6-8-10-20)38(29(37)40)22-13-21-11-12-35-28(44-24-15-26(41-4)36-16-23(24)31)27(21)25(14-22)43-18(2)30(32,33)34/h6-16,18-19H,5,17H2,1-4H3. The molecule has 0 N–H and O–H groups in total. The van der Waals surface area contributed by atoms with Crippen molar-refractivity contribution < 1.29 is 37.0 Å². The topological polar surface area (TPSA) is 89.5 Å². The molecule has 0 radical (unpaired) electrons. The van der Waals surface area contributed by atoms with Crippen LogP contribution in [-0.4, -0.2) is 58.2 Å². The van der Waals surface area contributed by atoms with Crippen LogP contribution < -0.4 is 19.2 Å². The molecule has 44 heavy (non-hydrogen) atoms. The first-order chi connectivity index (χ1) is 21.0. The van der Waals surface area contributed by atoms with Crippen molar-refractivity contribution in [3.63, 3.8) is 0 Å². The lowest BCUT2D eigenvalue weighted by atomic mass is 10.1. The normalized spacial score (nSPS) is 16.5. The Morgan fingerprint density at radius 1 is 1.07 bits per heavy atom. The number of benzene rings is 2. The molecule has 2 aromatic heterocycles. The number of hydrazine groups is 1. The highest BCUT2D eigenvalue weighted by Crippen LogP contribution is 2.43. The fraction of sp³-hybridized carbons (Fsp3) is 0.300. The number of anilines is 1. The van der Waals surface area contributed by atoms with Gasteiger partial charge in [0.05, 0.1) is 31.0 Å². The maximum Gasteiger partial charge on any atom is 0.425 e. The summed E-state index contributed by atoms with van der Waals surface area (Å²) in [5.41, 5.74) is 1.08. The van der Waals surface area contributed by atoms with Gasteiger partial charge in [0.15, 0.2) is 11.9 Å². The van der Waals surface area contributed by atoms with Gasteiger partial charge in [0, 0.05) is 24.9 Å². The van der Waals surface area contributed by atoms with Crippen LogP contribution in [0.2, 0.25) is 5.02 Å². The minimum Gasteiger partial charge on any atom is -0.481 e. The van der Waals surface area contributed by atoms with Crippen molar-refractivity contribution in [2.24, 2.45) is 0 Å². The second kappa shape index (κ2) is 12.7. The molecule has 0 saturated carbocycles. The van der Waals surface area contributed by atoms with Gasteiger partial charge in [-0.1, -0.05) is 47.1 Å². The van der Waals surface area contributed by atoms with Gasteiger partial charge in [0.2, 0.25) is 11.8 Å². The highest BCUT2D eigenvalue weighted by molar-refractivity contribution is 6.32. The van der Waals surface area contributed by atoms with Crippen LogP contribution in [0, 0.1) is 0 Å². The molecule has 0 bridgehead atoms. The van der Waals surface area contributed by atoms with E-state index in [-0.39, 0.29) is 46.0 Å². The van der Waals surface area contributed by atoms with Crippen LogP contribution in [0.5, 0.6) is 23.3 Å². The van der Waals surface area contributed by atoms with Crippen LogP contribution in [0.1, 0.15) is 26.3 Å². The maximum absolute atomic E-state index is 13.7. The van der Waals surface area contributed by atoms with Gasteiger partial charge in [-0.3, -0.25) is 4.84 Å². The molecule has 0 aliphatic carbocycles. The summed E-state index contributed by atoms with van der Waals surface area (Å²) in [6.07, 6.45) is -4.68. The summed E-state index contributed by atoms with van der Waals surface area (Å²) >= 11 is 6.28. The second-order valence-corrected chi connectivity index (χ2v) is 10.2. The minimum absolute atomic E-state index is 0.0814. The second-order valence-electron chi connectivity index (χ2n) is 9.79. The predicted octanol–water partition coefficient (Wildman–Crippen LogP) is 7.37. The van der Waals surface area contributed by atoms with E-state index in [0.717, 1.165) is 12.5 Å². The number of urea groups is 1. The van der Waals surface area contributed by atoms with Crippen molar-refractivity contribution in [1.82, 2.24) is 20.0 Å². The van der Waals surface area contributed by atoms with Crippen molar-refractivity contribution in [1.29, 1.82) is 0 Å². The number of hydrogen-bond donors (Lipinski definition) is 0. The lowest BCUT2D eigenvalue weighted by Gasteiger charge is -2.29. The van der Waals surface area contributed by atoms with Crippen LogP contribution >= 0.6 is 11.6 Å². The quantitative estimate of drug-likeness (QED) is 0.179. The molecule has 1 saturated heterocycles. The third kappa shape index (κ3) is 6.30. The molecule has 3 heterocycles. The molecule has 5 rings (SSSR count). The largest absolute Gasteiger partial charge is 0.481 e. The average molecular weight is 632 g/mol. The number of amides is 2. The number of rotatable bonds is 10. The van der Waals surface area contributed by atoms with Gasteiger partial charge in [-0.15, -0.1) is 0 Å². The molecule has 232 valence electrons. The molecule has 1 fully saturated rings. The van der Waals surface area contributed by atoms with E-state index in [1.807, 2.05) is 37.3 Å². The maximum atomic E-state index is 13.7. The zero-order valence-corrected chi connectivity index (χ0v) is 25.0. The van der Waals surface area contributed by atoms with E-state index < -0.39 is 24.5 Å². The molecule has 2 aromatic carbocycles. The van der Waals surface area contributed by atoms with E-state index in [4.69, 9.17) is 30.6 Å². The summed E-state index contributed by atoms with van der Waals surface area (Å²) in [5, 5.41) is 3.30. The van der Waals surface area contributed by atoms with Gasteiger partial charge in [-0.2, -0.15) is 18.2 Å². The van der Waals surface area contributed by atoms with E-state index in [2.05, 4.69) is 9.97 Å². The molecule has 0 spiro atoms. The Morgan fingerprint density at radius 2 is 1.82 bits per heavy atom. The number of pyridine rings is 2. The summed E-state index contributed by atoms with van der Waals surface area (Å²) in [4.78, 5) is 29.6.